The van der Waals surface area contributed by atoms with Crippen molar-refractivity contribution in [2.75, 3.05) is 13.2 Å². The molecule has 2 N–H and O–H groups in total. The number of carboxylic acids is 1. The van der Waals surface area contributed by atoms with E-state index in [0.717, 1.165) is 30.4 Å². The lowest BCUT2D eigenvalue weighted by molar-refractivity contribution is -0.160. The molecule has 0 spiro atoms. The second kappa shape index (κ2) is 10.5. The Labute approximate surface area is 233 Å². The summed E-state index contributed by atoms with van der Waals surface area (Å²) >= 11 is 0. The van der Waals surface area contributed by atoms with Crippen LogP contribution in [0.5, 0.6) is 5.75 Å². The first kappa shape index (κ1) is 28.1. The lowest BCUT2D eigenvalue weighted by Crippen LogP contribution is -2.33. The zero-order valence-electron chi connectivity index (χ0n) is 24.1. The number of fused-ring (bicyclic) bond motifs is 2. The van der Waals surface area contributed by atoms with Crippen molar-refractivity contribution in [3.63, 3.8) is 0 Å². The summed E-state index contributed by atoms with van der Waals surface area (Å²) in [5.41, 5.74) is 3.56. The topological polar surface area (TPSA) is 103 Å². The van der Waals surface area contributed by atoms with Crippen molar-refractivity contribution in [3.05, 3.63) is 46.0 Å². The molecule has 1 saturated carbocycles. The van der Waals surface area contributed by atoms with Crippen molar-refractivity contribution < 1.29 is 28.6 Å². The van der Waals surface area contributed by atoms with Crippen molar-refractivity contribution in [3.8, 4) is 16.9 Å². The molecule has 2 aromatic heterocycles. The predicted molar refractivity (Wildman–Crippen MR) is 150 cm³/mol. The molecule has 0 radical (unpaired) electrons. The molecule has 1 aromatic carbocycles. The molecule has 2 aliphatic rings. The largest absolute Gasteiger partial charge is 0.490 e. The van der Waals surface area contributed by atoms with Crippen molar-refractivity contribution >= 4 is 22.9 Å². The van der Waals surface area contributed by atoms with E-state index in [9.17, 15) is 14.7 Å². The Morgan fingerprint density at radius 3 is 2.60 bits per heavy atom. The van der Waals surface area contributed by atoms with Crippen LogP contribution in [0.3, 0.4) is 0 Å². The molecule has 40 heavy (non-hydrogen) atoms. The van der Waals surface area contributed by atoms with Gasteiger partial charge in [-0.15, -0.1) is 0 Å². The first-order valence-corrected chi connectivity index (χ1v) is 14.0. The third-order valence-corrected chi connectivity index (χ3v) is 8.08. The summed E-state index contributed by atoms with van der Waals surface area (Å²) in [6.07, 6.45) is 3.46. The second-order valence-corrected chi connectivity index (χ2v) is 12.1. The van der Waals surface area contributed by atoms with E-state index in [1.807, 2.05) is 6.92 Å². The highest BCUT2D eigenvalue weighted by Gasteiger charge is 2.35. The van der Waals surface area contributed by atoms with Crippen LogP contribution in [0.25, 0.3) is 22.2 Å². The number of benzene rings is 1. The van der Waals surface area contributed by atoms with Gasteiger partial charge in [0.2, 0.25) is 0 Å². The molecule has 0 bridgehead atoms. The van der Waals surface area contributed by atoms with Gasteiger partial charge in [-0.25, -0.2) is 14.2 Å². The number of aliphatic carboxylic acids is 1. The number of rotatable bonds is 7. The number of amides is 1. The van der Waals surface area contributed by atoms with Gasteiger partial charge >= 0.3 is 5.97 Å². The minimum absolute atomic E-state index is 0.222. The summed E-state index contributed by atoms with van der Waals surface area (Å²) in [5, 5.41) is 14.0. The van der Waals surface area contributed by atoms with Gasteiger partial charge in [-0.1, -0.05) is 6.42 Å². The van der Waals surface area contributed by atoms with Gasteiger partial charge in [0.15, 0.2) is 17.7 Å². The van der Waals surface area contributed by atoms with Gasteiger partial charge in [0.05, 0.1) is 12.2 Å². The van der Waals surface area contributed by atoms with Gasteiger partial charge in [0.25, 0.3) is 5.91 Å². The van der Waals surface area contributed by atoms with Gasteiger partial charge in [-0.05, 0) is 89.5 Å². The van der Waals surface area contributed by atoms with Crippen LogP contribution in [-0.2, 0) is 23.0 Å². The maximum Gasteiger partial charge on any atom is 0.337 e. The fraction of sp³-hybridized carbons (Fsp3) is 0.516. The summed E-state index contributed by atoms with van der Waals surface area (Å²) in [7, 11) is 1.77. The van der Waals surface area contributed by atoms with Crippen molar-refractivity contribution in [1.29, 1.82) is 0 Å². The number of carbonyl (C=O) groups is 2. The SMILES string of the molecule is Cc1nc2c(cc(C(=O)NCC3CCC3)n2C)c(-c2cc(F)c3c(c2C)CCCO3)c1[C@H](OC(C)(C)C)C(=O)O. The maximum atomic E-state index is 15.5. The van der Waals surface area contributed by atoms with Crippen LogP contribution < -0.4 is 10.1 Å². The number of carbonyl (C=O) groups excluding carboxylic acids is 1. The molecule has 1 aliphatic carbocycles. The van der Waals surface area contributed by atoms with Crippen molar-refractivity contribution in [1.82, 2.24) is 14.9 Å². The molecular formula is C31H38FN3O5. The van der Waals surface area contributed by atoms with E-state index >= 15 is 4.39 Å². The Morgan fingerprint density at radius 1 is 1.25 bits per heavy atom. The van der Waals surface area contributed by atoms with E-state index in [2.05, 4.69) is 5.32 Å². The summed E-state index contributed by atoms with van der Waals surface area (Å²) < 4.78 is 29.0. The number of halogens is 1. The monoisotopic (exact) mass is 551 g/mol. The van der Waals surface area contributed by atoms with Crippen LogP contribution in [0.2, 0.25) is 0 Å². The average molecular weight is 552 g/mol. The molecule has 214 valence electrons. The van der Waals surface area contributed by atoms with E-state index in [-0.39, 0.29) is 11.7 Å². The molecule has 1 aliphatic heterocycles. The number of hydrogen-bond donors (Lipinski definition) is 2. The smallest absolute Gasteiger partial charge is 0.337 e. The average Bonchev–Trinajstić information content (AvgIpc) is 3.18. The van der Waals surface area contributed by atoms with Crippen molar-refractivity contribution in [2.45, 2.75) is 78.4 Å². The summed E-state index contributed by atoms with van der Waals surface area (Å²) in [4.78, 5) is 30.7. The Kier molecular flexibility index (Phi) is 7.37. The number of aromatic nitrogens is 2. The molecule has 1 fully saturated rings. The molecule has 0 saturated heterocycles. The highest BCUT2D eigenvalue weighted by molar-refractivity contribution is 6.04. The van der Waals surface area contributed by atoms with Gasteiger partial charge in [0.1, 0.15) is 11.3 Å². The van der Waals surface area contributed by atoms with Gasteiger partial charge in [-0.2, -0.15) is 0 Å². The number of hydrogen-bond acceptors (Lipinski definition) is 5. The number of pyridine rings is 1. The molecule has 5 rings (SSSR count). The van der Waals surface area contributed by atoms with Crippen LogP contribution in [-0.4, -0.2) is 45.3 Å². The first-order valence-electron chi connectivity index (χ1n) is 14.0. The quantitative estimate of drug-likeness (QED) is 0.385. The van der Waals surface area contributed by atoms with Crippen LogP contribution in [0.4, 0.5) is 4.39 Å². The van der Waals surface area contributed by atoms with Crippen LogP contribution in [0.15, 0.2) is 12.1 Å². The van der Waals surface area contributed by atoms with E-state index in [0.29, 0.717) is 64.6 Å². The Bertz CT molecular complexity index is 1500. The Morgan fingerprint density at radius 2 is 1.98 bits per heavy atom. The highest BCUT2D eigenvalue weighted by Crippen LogP contribution is 2.44. The molecular weight excluding hydrogens is 513 g/mol. The van der Waals surface area contributed by atoms with E-state index in [1.165, 1.54) is 12.5 Å². The number of carboxylic acid groups (broad SMARTS) is 1. The molecule has 1 atom stereocenters. The third-order valence-electron chi connectivity index (χ3n) is 8.08. The molecule has 3 aromatic rings. The molecule has 3 heterocycles. The molecule has 1 amide bonds. The number of aryl methyl sites for hydroxylation is 2. The van der Waals surface area contributed by atoms with Gasteiger partial charge in [0, 0.05) is 41.4 Å². The standard InChI is InChI=1S/C31H38FN3O5/c1-16-19-11-8-12-39-26(19)22(32)13-20(16)25-21-14-23(29(36)33-15-18-9-7-10-18)35(6)28(21)34-17(2)24(25)27(30(37)38)40-31(3,4)5/h13-14,18,27H,7-12,15H2,1-6H3,(H,33,36)(H,37,38)/t27-/m0/s1. The van der Waals surface area contributed by atoms with E-state index in [4.69, 9.17) is 14.5 Å². The molecule has 9 heteroatoms. The summed E-state index contributed by atoms with van der Waals surface area (Å²) in [6, 6.07) is 3.15. The Hall–Kier alpha value is -3.46. The zero-order chi connectivity index (χ0) is 28.9. The van der Waals surface area contributed by atoms with Gasteiger partial charge in [-0.3, -0.25) is 4.79 Å². The fourth-order valence-electron chi connectivity index (χ4n) is 5.81. The number of nitrogens with zero attached hydrogens (tertiary/aromatic N) is 2. The summed E-state index contributed by atoms with van der Waals surface area (Å²) in [6.45, 7) is 10.1. The number of nitrogens with one attached hydrogen (secondary N) is 1. The Balaban J connectivity index is 1.78. The number of ether oxygens (including phenoxy) is 2. The second-order valence-electron chi connectivity index (χ2n) is 12.1. The van der Waals surface area contributed by atoms with E-state index in [1.54, 1.807) is 45.4 Å². The highest BCUT2D eigenvalue weighted by atomic mass is 19.1. The van der Waals surface area contributed by atoms with Crippen LogP contribution in [0, 0.1) is 25.6 Å². The lowest BCUT2D eigenvalue weighted by atomic mass is 9.85. The maximum absolute atomic E-state index is 15.5. The minimum Gasteiger partial charge on any atom is -0.490 e. The normalized spacial score (nSPS) is 16.3. The summed E-state index contributed by atoms with van der Waals surface area (Å²) in [5.74, 6) is -1.15. The van der Waals surface area contributed by atoms with Crippen LogP contribution in [0.1, 0.15) is 85.4 Å². The predicted octanol–water partition coefficient (Wildman–Crippen LogP) is 5.79. The first-order chi connectivity index (χ1) is 18.9. The zero-order valence-corrected chi connectivity index (χ0v) is 24.1. The lowest BCUT2D eigenvalue weighted by Gasteiger charge is -2.29. The molecule has 8 nitrogen and oxygen atoms in total. The van der Waals surface area contributed by atoms with Gasteiger partial charge < -0.3 is 24.5 Å². The third kappa shape index (κ3) is 5.07. The molecule has 0 unspecified atom stereocenters. The van der Waals surface area contributed by atoms with Crippen molar-refractivity contribution in [2.24, 2.45) is 13.0 Å². The minimum atomic E-state index is -1.36. The van der Waals surface area contributed by atoms with Crippen LogP contribution >= 0.6 is 0 Å². The fourth-order valence-corrected chi connectivity index (χ4v) is 5.81. The van der Waals surface area contributed by atoms with E-state index < -0.39 is 23.5 Å².